The summed E-state index contributed by atoms with van der Waals surface area (Å²) in [4.78, 5) is 28.5. The molecule has 182 valence electrons. The van der Waals surface area contributed by atoms with Crippen molar-refractivity contribution in [1.82, 2.24) is 20.4 Å². The smallest absolute Gasteiger partial charge is 0.410 e. The summed E-state index contributed by atoms with van der Waals surface area (Å²) < 4.78 is 5.40. The van der Waals surface area contributed by atoms with Gasteiger partial charge in [-0.05, 0) is 65.7 Å². The fraction of sp³-hybridized carbons (Fsp3) is 0.792. The molecule has 0 aromatic rings. The zero-order valence-electron chi connectivity index (χ0n) is 20.7. The van der Waals surface area contributed by atoms with Gasteiger partial charge in [-0.3, -0.25) is 10.2 Å². The SMILES string of the molecule is CCCNC1=C(C(=N)C(=O)N2CCCCC2)CC(NCCN(C)C(=O)OC(C)(C)C)CC1. The van der Waals surface area contributed by atoms with Crippen LogP contribution in [-0.4, -0.2) is 78.9 Å². The fourth-order valence-corrected chi connectivity index (χ4v) is 4.09. The van der Waals surface area contributed by atoms with Gasteiger partial charge in [0.25, 0.3) is 5.91 Å². The molecule has 2 rings (SSSR count). The molecule has 0 aromatic heterocycles. The van der Waals surface area contributed by atoms with Gasteiger partial charge in [-0.2, -0.15) is 0 Å². The number of likely N-dealkylation sites (N-methyl/N-ethyl adjacent to an activating group) is 1. The van der Waals surface area contributed by atoms with Crippen LogP contribution in [0.3, 0.4) is 0 Å². The second kappa shape index (κ2) is 12.2. The Kier molecular flexibility index (Phi) is 10.0. The maximum Gasteiger partial charge on any atom is 0.410 e. The molecule has 0 saturated carbocycles. The van der Waals surface area contributed by atoms with Gasteiger partial charge in [-0.15, -0.1) is 0 Å². The number of nitrogens with one attached hydrogen (secondary N) is 3. The van der Waals surface area contributed by atoms with Crippen molar-refractivity contribution >= 4 is 17.7 Å². The lowest BCUT2D eigenvalue weighted by atomic mass is 9.88. The van der Waals surface area contributed by atoms with Crippen molar-refractivity contribution in [2.24, 2.45) is 0 Å². The molecule has 0 bridgehead atoms. The molecule has 1 aliphatic heterocycles. The molecule has 32 heavy (non-hydrogen) atoms. The Morgan fingerprint density at radius 2 is 1.88 bits per heavy atom. The van der Waals surface area contributed by atoms with Crippen LogP contribution >= 0.6 is 0 Å². The van der Waals surface area contributed by atoms with Crippen LogP contribution in [0.15, 0.2) is 11.3 Å². The van der Waals surface area contributed by atoms with E-state index in [1.165, 1.54) is 0 Å². The summed E-state index contributed by atoms with van der Waals surface area (Å²) in [5.74, 6) is -0.138. The minimum Gasteiger partial charge on any atom is -0.444 e. The van der Waals surface area contributed by atoms with Crippen molar-refractivity contribution in [2.45, 2.75) is 84.3 Å². The first kappa shape index (κ1) is 26.2. The van der Waals surface area contributed by atoms with E-state index in [9.17, 15) is 9.59 Å². The number of carbonyl (C=O) groups is 2. The highest BCUT2D eigenvalue weighted by Crippen LogP contribution is 2.26. The zero-order chi connectivity index (χ0) is 23.7. The number of ether oxygens (including phenoxy) is 1. The van der Waals surface area contributed by atoms with Crippen LogP contribution in [0.1, 0.15) is 72.6 Å². The van der Waals surface area contributed by atoms with Crippen LogP contribution in [-0.2, 0) is 9.53 Å². The van der Waals surface area contributed by atoms with E-state index in [4.69, 9.17) is 10.1 Å². The summed E-state index contributed by atoms with van der Waals surface area (Å²) in [6.45, 7) is 11.2. The van der Waals surface area contributed by atoms with Gasteiger partial charge in [-0.1, -0.05) is 6.92 Å². The lowest BCUT2D eigenvalue weighted by Gasteiger charge is -2.32. The van der Waals surface area contributed by atoms with Crippen LogP contribution in [0.4, 0.5) is 4.79 Å². The van der Waals surface area contributed by atoms with Crippen molar-refractivity contribution in [3.8, 4) is 0 Å². The predicted octanol–water partition coefficient (Wildman–Crippen LogP) is 3.28. The van der Waals surface area contributed by atoms with E-state index in [1.54, 1.807) is 11.9 Å². The molecule has 0 aromatic carbocycles. The highest BCUT2D eigenvalue weighted by Gasteiger charge is 2.29. The monoisotopic (exact) mass is 449 g/mol. The third-order valence-corrected chi connectivity index (χ3v) is 5.89. The number of amides is 2. The minimum absolute atomic E-state index is 0.138. The van der Waals surface area contributed by atoms with E-state index < -0.39 is 5.60 Å². The zero-order valence-corrected chi connectivity index (χ0v) is 20.7. The quantitative estimate of drug-likeness (QED) is 0.469. The lowest BCUT2D eigenvalue weighted by Crippen LogP contribution is -2.44. The fourth-order valence-electron chi connectivity index (χ4n) is 4.09. The van der Waals surface area contributed by atoms with Crippen LogP contribution in [0.2, 0.25) is 0 Å². The average molecular weight is 450 g/mol. The molecule has 1 aliphatic carbocycles. The summed E-state index contributed by atoms with van der Waals surface area (Å²) in [5, 5.41) is 15.7. The second-order valence-corrected chi connectivity index (χ2v) is 9.91. The summed E-state index contributed by atoms with van der Waals surface area (Å²) in [7, 11) is 1.74. The summed E-state index contributed by atoms with van der Waals surface area (Å²) in [6.07, 6.45) is 6.30. The van der Waals surface area contributed by atoms with E-state index in [-0.39, 0.29) is 23.8 Å². The highest BCUT2D eigenvalue weighted by atomic mass is 16.6. The summed E-state index contributed by atoms with van der Waals surface area (Å²) in [5.41, 5.74) is 1.53. The van der Waals surface area contributed by atoms with Crippen LogP contribution in [0.5, 0.6) is 0 Å². The third-order valence-electron chi connectivity index (χ3n) is 5.89. The van der Waals surface area contributed by atoms with Crippen molar-refractivity contribution in [3.63, 3.8) is 0 Å². The van der Waals surface area contributed by atoms with Gasteiger partial charge in [0.05, 0.1) is 0 Å². The van der Waals surface area contributed by atoms with Crippen molar-refractivity contribution < 1.29 is 14.3 Å². The van der Waals surface area contributed by atoms with E-state index in [0.29, 0.717) is 19.5 Å². The number of carbonyl (C=O) groups excluding carboxylic acids is 2. The first-order valence-corrected chi connectivity index (χ1v) is 12.1. The Morgan fingerprint density at radius 3 is 2.50 bits per heavy atom. The minimum atomic E-state index is -0.509. The molecule has 2 aliphatic rings. The number of allylic oxidation sites excluding steroid dienone is 1. The van der Waals surface area contributed by atoms with Gasteiger partial charge in [0.2, 0.25) is 0 Å². The number of piperidine rings is 1. The molecule has 1 fully saturated rings. The van der Waals surface area contributed by atoms with E-state index in [1.807, 2.05) is 25.7 Å². The second-order valence-electron chi connectivity index (χ2n) is 9.91. The normalized spacial score (nSPS) is 19.5. The van der Waals surface area contributed by atoms with Crippen LogP contribution in [0, 0.1) is 5.41 Å². The van der Waals surface area contributed by atoms with Gasteiger partial charge in [0.15, 0.2) is 0 Å². The Labute approximate surface area is 193 Å². The Balaban J connectivity index is 1.95. The molecule has 0 spiro atoms. The van der Waals surface area contributed by atoms with Gasteiger partial charge < -0.3 is 25.2 Å². The molecule has 3 N–H and O–H groups in total. The highest BCUT2D eigenvalue weighted by molar-refractivity contribution is 6.44. The molecule has 1 saturated heterocycles. The maximum atomic E-state index is 13.0. The van der Waals surface area contributed by atoms with Gasteiger partial charge >= 0.3 is 6.09 Å². The lowest BCUT2D eigenvalue weighted by molar-refractivity contribution is -0.124. The molecule has 0 radical (unpaired) electrons. The van der Waals surface area contributed by atoms with Crippen molar-refractivity contribution in [2.75, 3.05) is 39.8 Å². The first-order valence-electron chi connectivity index (χ1n) is 12.1. The summed E-state index contributed by atoms with van der Waals surface area (Å²) in [6, 6.07) is 0.179. The number of hydrogen-bond donors (Lipinski definition) is 3. The molecule has 1 unspecified atom stereocenters. The number of hydrogen-bond acceptors (Lipinski definition) is 6. The van der Waals surface area contributed by atoms with Gasteiger partial charge in [-0.25, -0.2) is 4.79 Å². The summed E-state index contributed by atoms with van der Waals surface area (Å²) >= 11 is 0. The van der Waals surface area contributed by atoms with Crippen molar-refractivity contribution in [3.05, 3.63) is 11.3 Å². The van der Waals surface area contributed by atoms with Crippen LogP contribution in [0.25, 0.3) is 0 Å². The van der Waals surface area contributed by atoms with E-state index >= 15 is 0 Å². The molecule has 8 heteroatoms. The Bertz CT molecular complexity index is 692. The van der Waals surface area contributed by atoms with Crippen LogP contribution < -0.4 is 10.6 Å². The Morgan fingerprint density at radius 1 is 1.19 bits per heavy atom. The van der Waals surface area contributed by atoms with Gasteiger partial charge in [0, 0.05) is 57.1 Å². The van der Waals surface area contributed by atoms with E-state index in [0.717, 1.165) is 69.4 Å². The topological polar surface area (TPSA) is 97.8 Å². The molecule has 1 heterocycles. The third kappa shape index (κ3) is 8.11. The molecule has 1 atom stereocenters. The average Bonchev–Trinajstić information content (AvgIpc) is 2.76. The molecule has 2 amide bonds. The Hall–Kier alpha value is -2.09. The maximum absolute atomic E-state index is 13.0. The first-order chi connectivity index (χ1) is 15.1. The molecule has 8 nitrogen and oxygen atoms in total. The number of nitrogens with zero attached hydrogens (tertiary/aromatic N) is 2. The number of rotatable bonds is 9. The standard InChI is InChI=1S/C24H43N5O3/c1-6-12-27-20-11-10-18(26-13-16-28(5)23(31)32-24(2,3)4)17-19(20)21(25)22(30)29-14-8-7-9-15-29/h18,25-27H,6-17H2,1-5H3. The van der Waals surface area contributed by atoms with Crippen molar-refractivity contribution in [1.29, 1.82) is 5.41 Å². The largest absolute Gasteiger partial charge is 0.444 e. The predicted molar refractivity (Wildman–Crippen MR) is 128 cm³/mol. The van der Waals surface area contributed by atoms with Gasteiger partial charge in [0.1, 0.15) is 11.3 Å². The number of likely N-dealkylation sites (tertiary alicyclic amines) is 1. The molecular weight excluding hydrogens is 406 g/mol. The van der Waals surface area contributed by atoms with E-state index in [2.05, 4.69) is 17.6 Å². The molecular formula is C24H43N5O3.